The highest BCUT2D eigenvalue weighted by atomic mass is 32.2. The fourth-order valence-electron chi connectivity index (χ4n) is 1.26. The van der Waals surface area contributed by atoms with Crippen LogP contribution in [0.15, 0.2) is 4.99 Å². The second-order valence-corrected chi connectivity index (χ2v) is 4.66. The second kappa shape index (κ2) is 6.44. The van der Waals surface area contributed by atoms with Gasteiger partial charge < -0.3 is 10.5 Å². The van der Waals surface area contributed by atoms with E-state index in [2.05, 4.69) is 4.99 Å². The van der Waals surface area contributed by atoms with Crippen molar-refractivity contribution in [2.75, 3.05) is 18.9 Å². The lowest BCUT2D eigenvalue weighted by Crippen LogP contribution is -2.30. The van der Waals surface area contributed by atoms with Crippen molar-refractivity contribution in [2.24, 2.45) is 10.7 Å². The zero-order valence-electron chi connectivity index (χ0n) is 9.04. The van der Waals surface area contributed by atoms with Crippen molar-refractivity contribution in [1.29, 1.82) is 0 Å². The molecule has 0 aromatic carbocycles. The molecule has 1 heterocycles. The molecule has 100 valence electrons. The molecule has 0 saturated carbocycles. The van der Waals surface area contributed by atoms with Crippen LogP contribution in [-0.2, 0) is 4.74 Å². The Morgan fingerprint density at radius 3 is 2.76 bits per heavy atom. The van der Waals surface area contributed by atoms with Crippen LogP contribution in [0.1, 0.15) is 12.8 Å². The molecule has 17 heavy (non-hydrogen) atoms. The van der Waals surface area contributed by atoms with Gasteiger partial charge in [-0.2, -0.15) is 8.78 Å². The molecule has 0 spiro atoms. The summed E-state index contributed by atoms with van der Waals surface area (Å²) in [4.78, 5) is 3.82. The summed E-state index contributed by atoms with van der Waals surface area (Å²) in [7, 11) is 0. The summed E-state index contributed by atoms with van der Waals surface area (Å²) in [6, 6.07) is 0. The summed E-state index contributed by atoms with van der Waals surface area (Å²) in [5.41, 5.74) is 5.34. The molecule has 1 saturated heterocycles. The fourth-order valence-corrected chi connectivity index (χ4v) is 1.89. The quantitative estimate of drug-likeness (QED) is 0.474. The number of thioether (sulfide) groups is 1. The van der Waals surface area contributed by atoms with E-state index in [1.807, 2.05) is 0 Å². The highest BCUT2D eigenvalue weighted by Gasteiger charge is 2.40. The van der Waals surface area contributed by atoms with Crippen LogP contribution in [-0.4, -0.2) is 42.5 Å². The summed E-state index contributed by atoms with van der Waals surface area (Å²) in [5.74, 6) is -5.10. The van der Waals surface area contributed by atoms with Gasteiger partial charge in [0.05, 0.1) is 18.4 Å². The average Bonchev–Trinajstić information content (AvgIpc) is 2.76. The molecule has 2 N–H and O–H groups in total. The number of hydrogen-bond donors (Lipinski definition) is 1. The van der Waals surface area contributed by atoms with E-state index in [1.54, 1.807) is 0 Å². The van der Waals surface area contributed by atoms with Gasteiger partial charge in [-0.05, 0) is 12.8 Å². The van der Waals surface area contributed by atoms with Crippen molar-refractivity contribution >= 4 is 16.9 Å². The predicted molar refractivity (Wildman–Crippen MR) is 58.9 cm³/mol. The lowest BCUT2D eigenvalue weighted by atomic mass is 10.2. The average molecular weight is 274 g/mol. The third-order valence-corrected chi connectivity index (χ3v) is 3.16. The number of nitrogens with two attached hydrogens (primary N) is 1. The number of aliphatic imine (C=N–C) groups is 1. The number of alkyl halides is 4. The number of rotatable bonds is 5. The molecule has 8 heteroatoms. The van der Waals surface area contributed by atoms with Gasteiger partial charge in [0, 0.05) is 6.61 Å². The van der Waals surface area contributed by atoms with Crippen molar-refractivity contribution in [3.63, 3.8) is 0 Å². The van der Waals surface area contributed by atoms with E-state index in [0.29, 0.717) is 24.9 Å². The first-order chi connectivity index (χ1) is 7.92. The molecule has 3 nitrogen and oxygen atoms in total. The first kappa shape index (κ1) is 14.6. The third kappa shape index (κ3) is 5.12. The number of hydrogen-bond acceptors (Lipinski definition) is 3. The monoisotopic (exact) mass is 274 g/mol. The molecule has 1 aliphatic rings. The van der Waals surface area contributed by atoms with Crippen LogP contribution in [0.5, 0.6) is 0 Å². The molecule has 1 fully saturated rings. The zero-order chi connectivity index (χ0) is 12.9. The van der Waals surface area contributed by atoms with Crippen LogP contribution in [0.2, 0.25) is 0 Å². The minimum absolute atomic E-state index is 0.0373. The molecule has 1 unspecified atom stereocenters. The van der Waals surface area contributed by atoms with E-state index in [4.69, 9.17) is 10.5 Å². The fraction of sp³-hybridized carbons (Fsp3) is 0.889. The van der Waals surface area contributed by atoms with Gasteiger partial charge in [-0.25, -0.2) is 8.78 Å². The second-order valence-electron chi connectivity index (χ2n) is 3.66. The Labute approximate surface area is 101 Å². The van der Waals surface area contributed by atoms with Gasteiger partial charge in [-0.3, -0.25) is 4.99 Å². The SMILES string of the molecule is NC(=NCC1CCCO1)SCC(F)(F)C(F)F. The summed E-state index contributed by atoms with van der Waals surface area (Å²) in [5, 5.41) is -0.110. The van der Waals surface area contributed by atoms with Crippen molar-refractivity contribution in [3.8, 4) is 0 Å². The molecule has 0 amide bonds. The van der Waals surface area contributed by atoms with Crippen molar-refractivity contribution in [1.82, 2.24) is 0 Å². The Hall–Kier alpha value is -0.500. The standard InChI is InChI=1S/C9H14F4N2OS/c10-7(11)9(12,13)5-17-8(14)15-4-6-2-1-3-16-6/h6-7H,1-5H2,(H2,14,15). The van der Waals surface area contributed by atoms with Crippen LogP contribution < -0.4 is 5.73 Å². The highest BCUT2D eigenvalue weighted by Crippen LogP contribution is 2.27. The summed E-state index contributed by atoms with van der Waals surface area (Å²) in [6.07, 6.45) is -1.92. The third-order valence-electron chi connectivity index (χ3n) is 2.21. The van der Waals surface area contributed by atoms with Gasteiger partial charge in [-0.15, -0.1) is 0 Å². The molecule has 0 aromatic heterocycles. The largest absolute Gasteiger partial charge is 0.379 e. The maximum absolute atomic E-state index is 12.5. The van der Waals surface area contributed by atoms with Gasteiger partial charge >= 0.3 is 12.3 Å². The summed E-state index contributed by atoms with van der Waals surface area (Å²) < 4.78 is 54.0. The van der Waals surface area contributed by atoms with E-state index < -0.39 is 18.1 Å². The molecular formula is C9H14F4N2OS. The lowest BCUT2D eigenvalue weighted by Gasteiger charge is -2.14. The summed E-state index contributed by atoms with van der Waals surface area (Å²) >= 11 is 0.437. The van der Waals surface area contributed by atoms with Crippen LogP contribution in [0.3, 0.4) is 0 Å². The topological polar surface area (TPSA) is 47.6 Å². The van der Waals surface area contributed by atoms with Gasteiger partial charge in [0.25, 0.3) is 0 Å². The van der Waals surface area contributed by atoms with Gasteiger partial charge in [0.1, 0.15) is 0 Å². The molecule has 0 bridgehead atoms. The zero-order valence-corrected chi connectivity index (χ0v) is 9.86. The number of amidine groups is 1. The Morgan fingerprint density at radius 2 is 2.24 bits per heavy atom. The van der Waals surface area contributed by atoms with Crippen molar-refractivity contribution in [2.45, 2.75) is 31.3 Å². The Kier molecular flexibility index (Phi) is 5.51. The van der Waals surface area contributed by atoms with Crippen LogP contribution in [0, 0.1) is 0 Å². The molecule has 0 aliphatic carbocycles. The maximum Gasteiger partial charge on any atom is 0.316 e. The molecule has 0 radical (unpaired) electrons. The highest BCUT2D eigenvalue weighted by molar-refractivity contribution is 8.13. The minimum atomic E-state index is -4.03. The Balaban J connectivity index is 2.28. The van der Waals surface area contributed by atoms with Gasteiger partial charge in [0.2, 0.25) is 0 Å². The molecule has 1 aliphatic heterocycles. The van der Waals surface area contributed by atoms with Crippen LogP contribution >= 0.6 is 11.8 Å². The maximum atomic E-state index is 12.5. The number of nitrogens with zero attached hydrogens (tertiary/aromatic N) is 1. The number of ether oxygens (including phenoxy) is 1. The number of halogens is 4. The van der Waals surface area contributed by atoms with E-state index >= 15 is 0 Å². The normalized spacial score (nSPS) is 22.4. The van der Waals surface area contributed by atoms with Crippen molar-refractivity contribution < 1.29 is 22.3 Å². The van der Waals surface area contributed by atoms with Gasteiger partial charge in [0.15, 0.2) is 5.17 Å². The van der Waals surface area contributed by atoms with Crippen molar-refractivity contribution in [3.05, 3.63) is 0 Å². The first-order valence-corrected chi connectivity index (χ1v) is 6.10. The van der Waals surface area contributed by atoms with E-state index in [1.165, 1.54) is 0 Å². The van der Waals surface area contributed by atoms with Crippen LogP contribution in [0.4, 0.5) is 17.6 Å². The molecule has 1 atom stereocenters. The Morgan fingerprint density at radius 1 is 1.53 bits per heavy atom. The van der Waals surface area contributed by atoms with Crippen LogP contribution in [0.25, 0.3) is 0 Å². The molecule has 0 aromatic rings. The molecule has 1 rings (SSSR count). The minimum Gasteiger partial charge on any atom is -0.379 e. The first-order valence-electron chi connectivity index (χ1n) is 5.12. The Bertz CT molecular complexity index is 270. The van der Waals surface area contributed by atoms with E-state index in [-0.39, 0.29) is 11.3 Å². The van der Waals surface area contributed by atoms with E-state index in [0.717, 1.165) is 12.8 Å². The summed E-state index contributed by atoms with van der Waals surface area (Å²) in [6.45, 7) is 0.954. The lowest BCUT2D eigenvalue weighted by molar-refractivity contribution is -0.109. The smallest absolute Gasteiger partial charge is 0.316 e. The van der Waals surface area contributed by atoms with Gasteiger partial charge in [-0.1, -0.05) is 11.8 Å². The van der Waals surface area contributed by atoms with E-state index in [9.17, 15) is 17.6 Å². The predicted octanol–water partition coefficient (Wildman–Crippen LogP) is 2.11. The molecular weight excluding hydrogens is 260 g/mol.